The minimum absolute atomic E-state index is 0.0969. The van der Waals surface area contributed by atoms with Crippen LogP contribution in [0.1, 0.15) is 37.8 Å². The molecule has 9 heteroatoms. The predicted molar refractivity (Wildman–Crippen MR) is 127 cm³/mol. The summed E-state index contributed by atoms with van der Waals surface area (Å²) in [5, 5.41) is 11.8. The van der Waals surface area contributed by atoms with Gasteiger partial charge in [0.05, 0.1) is 4.90 Å². The van der Waals surface area contributed by atoms with Crippen molar-refractivity contribution in [1.82, 2.24) is 9.97 Å². The van der Waals surface area contributed by atoms with E-state index in [0.717, 1.165) is 21.9 Å². The van der Waals surface area contributed by atoms with Crippen molar-refractivity contribution in [2.45, 2.75) is 43.0 Å². The lowest BCUT2D eigenvalue weighted by Crippen LogP contribution is -2.13. The van der Waals surface area contributed by atoms with E-state index in [9.17, 15) is 8.42 Å². The average molecular weight is 458 g/mol. The molecular weight excluding hydrogens is 430 g/mol. The summed E-state index contributed by atoms with van der Waals surface area (Å²) in [4.78, 5) is 9.64. The highest BCUT2D eigenvalue weighted by atomic mass is 32.2. The Morgan fingerprint density at radius 1 is 1.03 bits per heavy atom. The summed E-state index contributed by atoms with van der Waals surface area (Å²) in [5.74, 6) is 2.65. The summed E-state index contributed by atoms with van der Waals surface area (Å²) in [6, 6.07) is 15.0. The number of benzene rings is 2. The molecule has 1 heterocycles. The molecule has 0 spiro atoms. The number of nitrogens with one attached hydrogen (secondary N) is 2. The number of hydrogen-bond donors (Lipinski definition) is 3. The third-order valence-electron chi connectivity index (χ3n) is 4.64. The van der Waals surface area contributed by atoms with Crippen LogP contribution in [0.25, 0.3) is 0 Å². The van der Waals surface area contributed by atoms with Crippen LogP contribution < -0.4 is 15.8 Å². The van der Waals surface area contributed by atoms with Gasteiger partial charge in [-0.05, 0) is 53.1 Å². The first kappa shape index (κ1) is 23.1. The molecule has 0 unspecified atom stereocenters. The Kier molecular flexibility index (Phi) is 7.53. The number of rotatable bonds is 9. The highest BCUT2D eigenvalue weighted by molar-refractivity contribution is 7.99. The smallest absolute Gasteiger partial charge is 0.238 e. The standard InChI is InChI=1S/C22H27N5O2S2/c1-4-30-20-10-9-19(31(23,28)29)11-17(20)13-24-21-12-22(26-14-25-21)27-18-7-5-16(6-8-18)15(2)3/h5-12,14-15H,4,13H2,1-3H3,(H2,23,28,29)(H2,24,25,26,27). The lowest BCUT2D eigenvalue weighted by atomic mass is 10.0. The van der Waals surface area contributed by atoms with Crippen molar-refractivity contribution < 1.29 is 8.42 Å². The van der Waals surface area contributed by atoms with Gasteiger partial charge in [0.25, 0.3) is 0 Å². The largest absolute Gasteiger partial charge is 0.366 e. The third kappa shape index (κ3) is 6.43. The lowest BCUT2D eigenvalue weighted by Gasteiger charge is -2.13. The first-order valence-corrected chi connectivity index (χ1v) is 12.5. The minimum atomic E-state index is -3.76. The molecule has 0 bridgehead atoms. The summed E-state index contributed by atoms with van der Waals surface area (Å²) in [6.45, 7) is 6.78. The average Bonchev–Trinajstić information content (AvgIpc) is 2.73. The molecule has 3 aromatic rings. The van der Waals surface area contributed by atoms with E-state index < -0.39 is 10.0 Å². The molecule has 31 heavy (non-hydrogen) atoms. The molecule has 2 aromatic carbocycles. The highest BCUT2D eigenvalue weighted by Gasteiger charge is 2.12. The summed E-state index contributed by atoms with van der Waals surface area (Å²) >= 11 is 1.64. The van der Waals surface area contributed by atoms with Gasteiger partial charge in [0.2, 0.25) is 10.0 Å². The van der Waals surface area contributed by atoms with Crippen LogP contribution in [0.15, 0.2) is 64.6 Å². The molecule has 0 saturated heterocycles. The summed E-state index contributed by atoms with van der Waals surface area (Å²) in [5.41, 5.74) is 3.06. The number of sulfonamides is 1. The molecule has 164 valence electrons. The Bertz CT molecular complexity index is 1130. The number of nitrogens with zero attached hydrogens (tertiary/aromatic N) is 2. The van der Waals surface area contributed by atoms with Crippen LogP contribution in [0, 0.1) is 0 Å². The Morgan fingerprint density at radius 3 is 2.39 bits per heavy atom. The van der Waals surface area contributed by atoms with Gasteiger partial charge in [-0.3, -0.25) is 0 Å². The van der Waals surface area contributed by atoms with Gasteiger partial charge in [-0.2, -0.15) is 0 Å². The van der Waals surface area contributed by atoms with E-state index in [0.29, 0.717) is 24.1 Å². The maximum Gasteiger partial charge on any atom is 0.238 e. The maximum absolute atomic E-state index is 11.7. The predicted octanol–water partition coefficient (Wildman–Crippen LogP) is 4.72. The third-order valence-corrected chi connectivity index (χ3v) is 6.55. The van der Waals surface area contributed by atoms with E-state index >= 15 is 0 Å². The molecule has 3 rings (SSSR count). The normalized spacial score (nSPS) is 11.5. The highest BCUT2D eigenvalue weighted by Crippen LogP contribution is 2.26. The Hall–Kier alpha value is -2.62. The molecule has 0 radical (unpaired) electrons. The molecular formula is C22H27N5O2S2. The van der Waals surface area contributed by atoms with Gasteiger partial charge in [-0.25, -0.2) is 23.5 Å². The Morgan fingerprint density at radius 2 is 1.74 bits per heavy atom. The van der Waals surface area contributed by atoms with Crippen LogP contribution >= 0.6 is 11.8 Å². The van der Waals surface area contributed by atoms with Crippen molar-refractivity contribution in [2.75, 3.05) is 16.4 Å². The fourth-order valence-corrected chi connectivity index (χ4v) is 4.33. The zero-order valence-electron chi connectivity index (χ0n) is 17.8. The van der Waals surface area contributed by atoms with Crippen molar-refractivity contribution in [3.8, 4) is 0 Å². The number of nitrogens with two attached hydrogens (primary N) is 1. The van der Waals surface area contributed by atoms with Crippen molar-refractivity contribution >= 4 is 39.1 Å². The van der Waals surface area contributed by atoms with Crippen molar-refractivity contribution in [2.24, 2.45) is 5.14 Å². The first-order valence-electron chi connectivity index (χ1n) is 9.97. The molecule has 0 fully saturated rings. The fourth-order valence-electron chi connectivity index (χ4n) is 2.97. The molecule has 0 atom stereocenters. The van der Waals surface area contributed by atoms with Gasteiger partial charge >= 0.3 is 0 Å². The van der Waals surface area contributed by atoms with Crippen molar-refractivity contribution in [3.05, 3.63) is 66.0 Å². The molecule has 0 aliphatic heterocycles. The topological polar surface area (TPSA) is 110 Å². The summed E-state index contributed by atoms with van der Waals surface area (Å²) in [6.07, 6.45) is 1.48. The number of aromatic nitrogens is 2. The SMILES string of the molecule is CCSc1ccc(S(N)(=O)=O)cc1CNc1cc(Nc2ccc(C(C)C)cc2)ncn1. The van der Waals surface area contributed by atoms with E-state index in [4.69, 9.17) is 5.14 Å². The van der Waals surface area contributed by atoms with E-state index in [1.807, 2.05) is 25.1 Å². The second kappa shape index (κ2) is 10.1. The van der Waals surface area contributed by atoms with E-state index in [2.05, 4.69) is 46.6 Å². The van der Waals surface area contributed by atoms with Gasteiger partial charge in [-0.1, -0.05) is 32.9 Å². The van der Waals surface area contributed by atoms with Gasteiger partial charge in [0.15, 0.2) is 0 Å². The van der Waals surface area contributed by atoms with Crippen LogP contribution in [0.4, 0.5) is 17.3 Å². The van der Waals surface area contributed by atoms with Gasteiger partial charge < -0.3 is 10.6 Å². The number of primary sulfonamides is 1. The second-order valence-corrected chi connectivity index (χ2v) is 10.2. The van der Waals surface area contributed by atoms with Crippen molar-refractivity contribution in [3.63, 3.8) is 0 Å². The monoisotopic (exact) mass is 457 g/mol. The van der Waals surface area contributed by atoms with Crippen LogP contribution in [0.2, 0.25) is 0 Å². The molecule has 0 amide bonds. The van der Waals surface area contributed by atoms with Gasteiger partial charge in [-0.15, -0.1) is 11.8 Å². The van der Waals surface area contributed by atoms with Crippen molar-refractivity contribution in [1.29, 1.82) is 0 Å². The Balaban J connectivity index is 1.74. The number of anilines is 3. The quantitative estimate of drug-likeness (QED) is 0.399. The first-order chi connectivity index (χ1) is 14.8. The van der Waals surface area contributed by atoms with E-state index in [-0.39, 0.29) is 4.90 Å². The van der Waals surface area contributed by atoms with Crippen LogP contribution in [-0.2, 0) is 16.6 Å². The molecule has 7 nitrogen and oxygen atoms in total. The number of thioether (sulfide) groups is 1. The van der Waals surface area contributed by atoms with E-state index in [1.165, 1.54) is 18.0 Å². The van der Waals surface area contributed by atoms with E-state index in [1.54, 1.807) is 23.9 Å². The lowest BCUT2D eigenvalue weighted by molar-refractivity contribution is 0.597. The van der Waals surface area contributed by atoms with Crippen LogP contribution in [-0.4, -0.2) is 24.1 Å². The zero-order valence-corrected chi connectivity index (χ0v) is 19.4. The zero-order chi connectivity index (χ0) is 22.4. The molecule has 4 N–H and O–H groups in total. The molecule has 0 saturated carbocycles. The molecule has 0 aliphatic carbocycles. The molecule has 0 aliphatic rings. The van der Waals surface area contributed by atoms with Crippen LogP contribution in [0.3, 0.4) is 0 Å². The molecule has 1 aromatic heterocycles. The van der Waals surface area contributed by atoms with Gasteiger partial charge in [0.1, 0.15) is 18.0 Å². The van der Waals surface area contributed by atoms with Crippen LogP contribution in [0.5, 0.6) is 0 Å². The second-order valence-electron chi connectivity index (χ2n) is 7.29. The van der Waals surface area contributed by atoms with Gasteiger partial charge in [0, 0.05) is 23.2 Å². The fraction of sp³-hybridized carbons (Fsp3) is 0.273. The minimum Gasteiger partial charge on any atom is -0.366 e. The maximum atomic E-state index is 11.7. The number of hydrogen-bond acceptors (Lipinski definition) is 7. The summed E-state index contributed by atoms with van der Waals surface area (Å²) < 4.78 is 23.5. The summed E-state index contributed by atoms with van der Waals surface area (Å²) in [7, 11) is -3.76. The Labute approximate surface area is 187 Å².